The lowest BCUT2D eigenvalue weighted by Crippen LogP contribution is -2.47. The van der Waals surface area contributed by atoms with Gasteiger partial charge in [0.2, 0.25) is 15.9 Å². The third-order valence-electron chi connectivity index (χ3n) is 5.84. The molecule has 6 nitrogen and oxygen atoms in total. The number of ether oxygens (including phenoxy) is 1. The van der Waals surface area contributed by atoms with Crippen molar-refractivity contribution >= 4 is 39.1 Å². The molecule has 0 aliphatic carbocycles. The van der Waals surface area contributed by atoms with Crippen molar-refractivity contribution in [1.82, 2.24) is 0 Å². The molecule has 2 saturated heterocycles. The Morgan fingerprint density at radius 2 is 1.77 bits per heavy atom. The molecule has 4 rings (SSSR count). The van der Waals surface area contributed by atoms with Crippen molar-refractivity contribution in [3.05, 3.63) is 53.6 Å². The summed E-state index contributed by atoms with van der Waals surface area (Å²) in [5.74, 6) is 2.22. The standard InChI is InChI=1S/C22H26N2O4S2/c1-15-5-4-6-16(2)20(15)24-12-11-22(3,30(24,26)27)21(25)23-17-7-9-18(10-8-17)28-19-13-29-14-19/h4-10,19H,11-14H2,1-3H3,(H,23,25)/t22-/m1/s1. The second-order valence-electron chi connectivity index (χ2n) is 8.05. The van der Waals surface area contributed by atoms with E-state index in [2.05, 4.69) is 5.32 Å². The van der Waals surface area contributed by atoms with Gasteiger partial charge in [-0.3, -0.25) is 9.10 Å². The number of carbonyl (C=O) groups is 1. The SMILES string of the molecule is Cc1cccc(C)c1N1CC[C@](C)(C(=O)Nc2ccc(OC3CSC3)cc2)S1(=O)=O. The number of nitrogens with zero attached hydrogens (tertiary/aromatic N) is 1. The van der Waals surface area contributed by atoms with Gasteiger partial charge in [-0.15, -0.1) is 0 Å². The minimum absolute atomic E-state index is 0.232. The summed E-state index contributed by atoms with van der Waals surface area (Å²) in [6.07, 6.45) is 0.476. The van der Waals surface area contributed by atoms with Gasteiger partial charge in [-0.1, -0.05) is 18.2 Å². The van der Waals surface area contributed by atoms with E-state index < -0.39 is 20.7 Å². The van der Waals surface area contributed by atoms with Crippen molar-refractivity contribution in [2.45, 2.75) is 38.0 Å². The van der Waals surface area contributed by atoms with Crippen molar-refractivity contribution in [2.75, 3.05) is 27.7 Å². The topological polar surface area (TPSA) is 75.7 Å². The predicted molar refractivity (Wildman–Crippen MR) is 122 cm³/mol. The highest BCUT2D eigenvalue weighted by atomic mass is 32.2. The lowest BCUT2D eigenvalue weighted by molar-refractivity contribution is -0.118. The first kappa shape index (κ1) is 21.1. The monoisotopic (exact) mass is 446 g/mol. The molecule has 8 heteroatoms. The molecule has 160 valence electrons. The summed E-state index contributed by atoms with van der Waals surface area (Å²) in [6.45, 7) is 5.57. The molecular weight excluding hydrogens is 420 g/mol. The first-order valence-corrected chi connectivity index (χ1v) is 12.6. The third kappa shape index (κ3) is 3.56. The molecule has 0 radical (unpaired) electrons. The highest BCUT2D eigenvalue weighted by molar-refractivity contribution is 8.00. The van der Waals surface area contributed by atoms with Crippen molar-refractivity contribution in [3.63, 3.8) is 0 Å². The lowest BCUT2D eigenvalue weighted by atomic mass is 10.1. The van der Waals surface area contributed by atoms with Crippen LogP contribution in [0.1, 0.15) is 24.5 Å². The molecule has 0 bridgehead atoms. The van der Waals surface area contributed by atoms with Crippen LogP contribution in [0.5, 0.6) is 5.75 Å². The van der Waals surface area contributed by atoms with Gasteiger partial charge < -0.3 is 10.1 Å². The Balaban J connectivity index is 1.52. The van der Waals surface area contributed by atoms with E-state index >= 15 is 0 Å². The minimum atomic E-state index is -3.87. The molecule has 1 atom stereocenters. The maximum atomic E-state index is 13.4. The van der Waals surface area contributed by atoms with E-state index in [1.807, 2.05) is 43.8 Å². The zero-order valence-electron chi connectivity index (χ0n) is 17.3. The number of nitrogens with one attached hydrogen (secondary N) is 1. The van der Waals surface area contributed by atoms with Crippen LogP contribution in [0.4, 0.5) is 11.4 Å². The van der Waals surface area contributed by atoms with Crippen LogP contribution in [0.3, 0.4) is 0 Å². The van der Waals surface area contributed by atoms with E-state index in [9.17, 15) is 13.2 Å². The molecule has 2 fully saturated rings. The molecule has 2 aromatic rings. The fraction of sp³-hybridized carbons (Fsp3) is 0.409. The molecule has 30 heavy (non-hydrogen) atoms. The Morgan fingerprint density at radius 1 is 1.13 bits per heavy atom. The number of anilines is 2. The van der Waals surface area contributed by atoms with Crippen LogP contribution in [-0.4, -0.2) is 43.2 Å². The fourth-order valence-electron chi connectivity index (χ4n) is 3.82. The fourth-order valence-corrected chi connectivity index (χ4v) is 6.37. The van der Waals surface area contributed by atoms with Crippen LogP contribution in [0, 0.1) is 13.8 Å². The van der Waals surface area contributed by atoms with Crippen LogP contribution in [0.15, 0.2) is 42.5 Å². The van der Waals surface area contributed by atoms with Gasteiger partial charge in [-0.2, -0.15) is 11.8 Å². The molecule has 0 aromatic heterocycles. The summed E-state index contributed by atoms with van der Waals surface area (Å²) in [4.78, 5) is 13.1. The zero-order chi connectivity index (χ0) is 21.5. The molecular formula is C22H26N2O4S2. The maximum absolute atomic E-state index is 13.4. The highest BCUT2D eigenvalue weighted by Crippen LogP contribution is 2.40. The first-order valence-electron chi connectivity index (χ1n) is 9.97. The van der Waals surface area contributed by atoms with Crippen molar-refractivity contribution in [1.29, 1.82) is 0 Å². The van der Waals surface area contributed by atoms with Crippen LogP contribution in [0.25, 0.3) is 0 Å². The van der Waals surface area contributed by atoms with E-state index in [4.69, 9.17) is 4.74 Å². The summed E-state index contributed by atoms with van der Waals surface area (Å²) in [7, 11) is -3.87. The Bertz CT molecular complexity index is 1040. The number of aryl methyl sites for hydroxylation is 2. The Hall–Kier alpha value is -2.19. The number of hydrogen-bond acceptors (Lipinski definition) is 5. The number of hydrogen-bond donors (Lipinski definition) is 1. The number of sulfonamides is 1. The molecule has 2 aliphatic rings. The third-order valence-corrected chi connectivity index (χ3v) is 9.53. The van der Waals surface area contributed by atoms with Crippen molar-refractivity contribution in [3.8, 4) is 5.75 Å². The number of amides is 1. The van der Waals surface area contributed by atoms with Gasteiger partial charge in [0.1, 0.15) is 11.9 Å². The van der Waals surface area contributed by atoms with E-state index in [0.29, 0.717) is 11.4 Å². The van der Waals surface area contributed by atoms with Crippen LogP contribution in [-0.2, 0) is 14.8 Å². The van der Waals surface area contributed by atoms with E-state index in [-0.39, 0.29) is 19.1 Å². The summed E-state index contributed by atoms with van der Waals surface area (Å²) >= 11 is 1.85. The van der Waals surface area contributed by atoms with Gasteiger partial charge >= 0.3 is 0 Å². The van der Waals surface area contributed by atoms with Gasteiger partial charge in [0.25, 0.3) is 0 Å². The zero-order valence-corrected chi connectivity index (χ0v) is 19.0. The number of carbonyl (C=O) groups excluding carboxylic acids is 1. The largest absolute Gasteiger partial charge is 0.489 e. The molecule has 0 unspecified atom stereocenters. The molecule has 0 saturated carbocycles. The van der Waals surface area contributed by atoms with Gasteiger partial charge in [0.05, 0.1) is 5.69 Å². The first-order chi connectivity index (χ1) is 14.2. The summed E-state index contributed by atoms with van der Waals surface area (Å²) in [5.41, 5.74) is 2.98. The van der Waals surface area contributed by atoms with Gasteiger partial charge in [0, 0.05) is 23.7 Å². The molecule has 2 aliphatic heterocycles. The Labute approximate surface area is 182 Å². The van der Waals surface area contributed by atoms with Crippen molar-refractivity contribution < 1.29 is 17.9 Å². The van der Waals surface area contributed by atoms with Crippen molar-refractivity contribution in [2.24, 2.45) is 0 Å². The quantitative estimate of drug-likeness (QED) is 0.757. The summed E-state index contributed by atoms with van der Waals surface area (Å²) < 4.78 is 32.5. The number of benzene rings is 2. The van der Waals surface area contributed by atoms with E-state index in [1.54, 1.807) is 24.3 Å². The van der Waals surface area contributed by atoms with E-state index in [1.165, 1.54) is 11.2 Å². The normalized spacial score (nSPS) is 23.1. The molecule has 1 amide bonds. The lowest BCUT2D eigenvalue weighted by Gasteiger charge is -2.27. The average Bonchev–Trinajstić information content (AvgIpc) is 2.90. The molecule has 2 heterocycles. The Morgan fingerprint density at radius 3 is 2.33 bits per heavy atom. The van der Waals surface area contributed by atoms with Crippen LogP contribution < -0.4 is 14.4 Å². The Kier molecular flexibility index (Phi) is 5.48. The highest BCUT2D eigenvalue weighted by Gasteiger charge is 2.55. The summed E-state index contributed by atoms with van der Waals surface area (Å²) in [6, 6.07) is 12.8. The molecule has 2 aromatic carbocycles. The predicted octanol–water partition coefficient (Wildman–Crippen LogP) is 3.73. The van der Waals surface area contributed by atoms with E-state index in [0.717, 1.165) is 28.4 Å². The van der Waals surface area contributed by atoms with Gasteiger partial charge in [-0.25, -0.2) is 8.42 Å². The molecule has 1 N–H and O–H groups in total. The van der Waals surface area contributed by atoms with Gasteiger partial charge in [0.15, 0.2) is 4.75 Å². The second-order valence-corrected chi connectivity index (χ2v) is 11.4. The smallest absolute Gasteiger partial charge is 0.249 e. The number of rotatable bonds is 5. The average molecular weight is 447 g/mol. The summed E-state index contributed by atoms with van der Waals surface area (Å²) in [5, 5.41) is 2.79. The number of thioether (sulfide) groups is 1. The van der Waals surface area contributed by atoms with Gasteiger partial charge in [-0.05, 0) is 62.6 Å². The van der Waals surface area contributed by atoms with Crippen LogP contribution >= 0.6 is 11.8 Å². The molecule has 0 spiro atoms. The number of para-hydroxylation sites is 1. The minimum Gasteiger partial charge on any atom is -0.489 e. The maximum Gasteiger partial charge on any atom is 0.249 e. The second kappa shape index (κ2) is 7.81. The van der Waals surface area contributed by atoms with Crippen LogP contribution in [0.2, 0.25) is 0 Å².